The molecule has 0 atom stereocenters. The van der Waals surface area contributed by atoms with Gasteiger partial charge in [-0.15, -0.1) is 0 Å². The van der Waals surface area contributed by atoms with Crippen molar-refractivity contribution in [1.29, 1.82) is 0 Å². The zero-order chi connectivity index (χ0) is 24.3. The summed E-state index contributed by atoms with van der Waals surface area (Å²) in [7, 11) is 3.93. The Bertz CT molecular complexity index is 1170. The van der Waals surface area contributed by atoms with E-state index in [4.69, 9.17) is 4.74 Å². The van der Waals surface area contributed by atoms with Gasteiger partial charge in [-0.3, -0.25) is 9.59 Å². The molecule has 34 heavy (non-hydrogen) atoms. The molecule has 0 aliphatic rings. The second-order valence-electron chi connectivity index (χ2n) is 7.62. The lowest BCUT2D eigenvalue weighted by Gasteiger charge is -2.10. The van der Waals surface area contributed by atoms with Crippen molar-refractivity contribution in [2.45, 2.75) is 0 Å². The van der Waals surface area contributed by atoms with Crippen molar-refractivity contribution in [1.82, 2.24) is 20.2 Å². The maximum atomic E-state index is 12.3. The smallest absolute Gasteiger partial charge is 0.248 e. The highest BCUT2D eigenvalue weighted by Crippen LogP contribution is 2.26. The molecule has 3 rings (SSSR count). The van der Waals surface area contributed by atoms with Gasteiger partial charge in [-0.1, -0.05) is 22.0 Å². The number of ether oxygens (including phenoxy) is 1. The molecular weight excluding hydrogens is 500 g/mol. The van der Waals surface area contributed by atoms with E-state index >= 15 is 0 Å². The Morgan fingerprint density at radius 3 is 2.65 bits per heavy atom. The van der Waals surface area contributed by atoms with Crippen LogP contribution < -0.4 is 16.0 Å². The van der Waals surface area contributed by atoms with Gasteiger partial charge in [-0.2, -0.15) is 0 Å². The Morgan fingerprint density at radius 1 is 1.03 bits per heavy atom. The van der Waals surface area contributed by atoms with Crippen molar-refractivity contribution in [3.63, 3.8) is 0 Å². The van der Waals surface area contributed by atoms with Crippen LogP contribution in [0.3, 0.4) is 0 Å². The predicted octanol–water partition coefficient (Wildman–Crippen LogP) is 3.33. The molecule has 0 spiro atoms. The third-order valence-corrected chi connectivity index (χ3v) is 5.10. The summed E-state index contributed by atoms with van der Waals surface area (Å²) in [6.07, 6.45) is 3.86. The fraction of sp³-hybridized carbons (Fsp3) is 0.250. The lowest BCUT2D eigenvalue weighted by molar-refractivity contribution is -0.117. The molecule has 2 amide bonds. The quantitative estimate of drug-likeness (QED) is 0.259. The van der Waals surface area contributed by atoms with Gasteiger partial charge >= 0.3 is 0 Å². The topological polar surface area (TPSA) is 108 Å². The van der Waals surface area contributed by atoms with Crippen molar-refractivity contribution < 1.29 is 14.3 Å². The summed E-state index contributed by atoms with van der Waals surface area (Å²) in [5, 5.41) is 9.45. The average molecular weight is 527 g/mol. The van der Waals surface area contributed by atoms with Crippen LogP contribution >= 0.6 is 15.9 Å². The van der Waals surface area contributed by atoms with Crippen molar-refractivity contribution >= 4 is 55.8 Å². The summed E-state index contributed by atoms with van der Waals surface area (Å²) in [5.74, 6) is -0.171. The van der Waals surface area contributed by atoms with E-state index in [1.54, 1.807) is 18.2 Å². The van der Waals surface area contributed by atoms with Crippen molar-refractivity contribution in [3.05, 3.63) is 65.4 Å². The van der Waals surface area contributed by atoms with Crippen LogP contribution in [0.15, 0.2) is 65.4 Å². The highest BCUT2D eigenvalue weighted by atomic mass is 79.9. The Morgan fingerprint density at radius 2 is 1.85 bits per heavy atom. The van der Waals surface area contributed by atoms with Crippen LogP contribution in [0.2, 0.25) is 0 Å². The first-order valence-corrected chi connectivity index (χ1v) is 11.5. The van der Waals surface area contributed by atoms with Gasteiger partial charge in [0.2, 0.25) is 11.8 Å². The SMILES string of the molecule is CN(C)CCOCCNC(=O)/C=C/C(=O)Nc1ccc2ncnc(Nc3cccc(Br)c3)c2c1. The fourth-order valence-corrected chi connectivity index (χ4v) is 3.33. The van der Waals surface area contributed by atoms with E-state index in [-0.39, 0.29) is 5.91 Å². The Hall–Kier alpha value is -3.34. The molecule has 1 aromatic heterocycles. The van der Waals surface area contributed by atoms with Gasteiger partial charge in [-0.05, 0) is 50.5 Å². The molecule has 3 N–H and O–H groups in total. The summed E-state index contributed by atoms with van der Waals surface area (Å²) < 4.78 is 6.35. The van der Waals surface area contributed by atoms with Gasteiger partial charge in [0, 0.05) is 46.5 Å². The van der Waals surface area contributed by atoms with Crippen molar-refractivity contribution in [2.75, 3.05) is 51.0 Å². The van der Waals surface area contributed by atoms with Gasteiger partial charge in [0.1, 0.15) is 12.1 Å². The van der Waals surface area contributed by atoms with Gasteiger partial charge in [-0.25, -0.2) is 9.97 Å². The molecule has 0 aliphatic heterocycles. The van der Waals surface area contributed by atoms with Crippen LogP contribution in [0, 0.1) is 0 Å². The molecule has 0 saturated carbocycles. The molecule has 3 aromatic rings. The number of likely N-dealkylation sites (N-methyl/N-ethyl adjacent to an activating group) is 1. The number of nitrogens with one attached hydrogen (secondary N) is 3. The first-order valence-electron chi connectivity index (χ1n) is 10.7. The highest BCUT2D eigenvalue weighted by Gasteiger charge is 2.07. The van der Waals surface area contributed by atoms with E-state index in [0.717, 1.165) is 27.6 Å². The van der Waals surface area contributed by atoms with E-state index in [1.165, 1.54) is 18.5 Å². The van der Waals surface area contributed by atoms with Crippen LogP contribution in [0.5, 0.6) is 0 Å². The number of hydrogen-bond acceptors (Lipinski definition) is 7. The number of aromatic nitrogens is 2. The molecule has 0 saturated heterocycles. The third kappa shape index (κ3) is 8.22. The molecule has 9 nitrogen and oxygen atoms in total. The summed E-state index contributed by atoms with van der Waals surface area (Å²) in [6.45, 7) is 2.19. The maximum Gasteiger partial charge on any atom is 0.248 e. The highest BCUT2D eigenvalue weighted by molar-refractivity contribution is 9.10. The standard InChI is InChI=1S/C24H27BrN6O3/c1-31(2)11-13-34-12-10-26-22(32)8-9-23(33)29-19-6-7-21-20(15-19)24(28-16-27-21)30-18-5-3-4-17(25)14-18/h3-9,14-16H,10-13H2,1-2H3,(H,26,32)(H,29,33)(H,27,28,30)/b9-8+. The molecular formula is C24H27BrN6O3. The molecule has 0 aliphatic carbocycles. The second kappa shape index (κ2) is 12.8. The largest absolute Gasteiger partial charge is 0.378 e. The number of anilines is 3. The summed E-state index contributed by atoms with van der Waals surface area (Å²) in [6, 6.07) is 13.0. The van der Waals surface area contributed by atoms with Crippen LogP contribution in [-0.2, 0) is 14.3 Å². The third-order valence-electron chi connectivity index (χ3n) is 4.60. The van der Waals surface area contributed by atoms with E-state index in [9.17, 15) is 9.59 Å². The van der Waals surface area contributed by atoms with Gasteiger partial charge < -0.3 is 25.6 Å². The van der Waals surface area contributed by atoms with Crippen LogP contribution in [-0.4, -0.2) is 67.1 Å². The number of fused-ring (bicyclic) bond motifs is 1. The van der Waals surface area contributed by atoms with E-state index in [0.29, 0.717) is 31.3 Å². The molecule has 0 fully saturated rings. The fourth-order valence-electron chi connectivity index (χ4n) is 2.93. The summed E-state index contributed by atoms with van der Waals surface area (Å²) in [5.41, 5.74) is 2.15. The van der Waals surface area contributed by atoms with E-state index in [2.05, 4.69) is 41.8 Å². The lowest BCUT2D eigenvalue weighted by Crippen LogP contribution is -2.27. The maximum absolute atomic E-state index is 12.3. The molecule has 0 radical (unpaired) electrons. The second-order valence-corrected chi connectivity index (χ2v) is 8.53. The molecule has 0 bridgehead atoms. The van der Waals surface area contributed by atoms with E-state index in [1.807, 2.05) is 43.3 Å². The van der Waals surface area contributed by atoms with Crippen molar-refractivity contribution in [2.24, 2.45) is 0 Å². The number of rotatable bonds is 11. The molecule has 0 unspecified atom stereocenters. The minimum atomic E-state index is -0.421. The minimum Gasteiger partial charge on any atom is -0.378 e. The zero-order valence-corrected chi connectivity index (χ0v) is 20.6. The van der Waals surface area contributed by atoms with E-state index < -0.39 is 5.91 Å². The first-order chi connectivity index (χ1) is 16.4. The minimum absolute atomic E-state index is 0.362. The van der Waals surface area contributed by atoms with Gasteiger partial charge in [0.05, 0.1) is 18.7 Å². The van der Waals surface area contributed by atoms with Gasteiger partial charge in [0.15, 0.2) is 0 Å². The zero-order valence-electron chi connectivity index (χ0n) is 19.0. The molecule has 10 heteroatoms. The number of hydrogen-bond donors (Lipinski definition) is 3. The van der Waals surface area contributed by atoms with Crippen molar-refractivity contribution in [3.8, 4) is 0 Å². The number of carbonyl (C=O) groups excluding carboxylic acids is 2. The Labute approximate surface area is 206 Å². The van der Waals surface area contributed by atoms with Gasteiger partial charge in [0.25, 0.3) is 0 Å². The normalized spacial score (nSPS) is 11.2. The predicted molar refractivity (Wildman–Crippen MR) is 137 cm³/mol. The lowest BCUT2D eigenvalue weighted by atomic mass is 10.2. The number of benzene rings is 2. The number of amides is 2. The Kier molecular flexibility index (Phi) is 9.51. The first kappa shape index (κ1) is 25.3. The van der Waals surface area contributed by atoms with Crippen LogP contribution in [0.25, 0.3) is 10.9 Å². The Balaban J connectivity index is 1.56. The summed E-state index contributed by atoms with van der Waals surface area (Å²) >= 11 is 3.45. The number of carbonyl (C=O) groups is 2. The van der Waals surface area contributed by atoms with Crippen LogP contribution in [0.1, 0.15) is 0 Å². The van der Waals surface area contributed by atoms with Crippen LogP contribution in [0.4, 0.5) is 17.2 Å². The molecule has 1 heterocycles. The average Bonchev–Trinajstić information content (AvgIpc) is 2.80. The number of nitrogens with zero attached hydrogens (tertiary/aromatic N) is 3. The number of halogens is 1. The summed E-state index contributed by atoms with van der Waals surface area (Å²) in [4.78, 5) is 34.8. The molecule has 178 valence electrons. The monoisotopic (exact) mass is 526 g/mol. The molecule has 2 aromatic carbocycles.